The Morgan fingerprint density at radius 1 is 1.17 bits per heavy atom. The van der Waals surface area contributed by atoms with E-state index in [0.29, 0.717) is 0 Å². The van der Waals surface area contributed by atoms with Crippen LogP contribution in [0.2, 0.25) is 0 Å². The van der Waals surface area contributed by atoms with Gasteiger partial charge >= 0.3 is 0 Å². The zero-order chi connectivity index (χ0) is 8.39. The summed E-state index contributed by atoms with van der Waals surface area (Å²) in [6.45, 7) is 2.02. The van der Waals surface area contributed by atoms with E-state index in [0.717, 1.165) is 16.7 Å². The predicted octanol–water partition coefficient (Wildman–Crippen LogP) is 1.78. The second-order valence-corrected chi connectivity index (χ2v) is 2.74. The first-order chi connectivity index (χ1) is 5.86. The fourth-order valence-electron chi connectivity index (χ4n) is 1.12. The quantitative estimate of drug-likeness (QED) is 0.689. The van der Waals surface area contributed by atoms with Gasteiger partial charge in [0.05, 0.1) is 6.20 Å². The number of aryl methyl sites for hydroxylation is 1. The molecule has 2 rings (SSSR count). The maximum atomic E-state index is 4.10. The number of hydrogen-bond acceptors (Lipinski definition) is 2. The van der Waals surface area contributed by atoms with E-state index in [1.807, 2.05) is 25.5 Å². The lowest BCUT2D eigenvalue weighted by molar-refractivity contribution is 1.09. The molecule has 0 fully saturated rings. The Morgan fingerprint density at radius 3 is 2.75 bits per heavy atom. The number of H-pyrrole nitrogens is 1. The van der Waals surface area contributed by atoms with Gasteiger partial charge in [-0.2, -0.15) is 5.10 Å². The molecule has 0 aliphatic rings. The van der Waals surface area contributed by atoms with Crippen molar-refractivity contribution in [1.29, 1.82) is 0 Å². The molecule has 0 saturated carbocycles. The highest BCUT2D eigenvalue weighted by Gasteiger charge is 1.97. The molecule has 3 nitrogen and oxygen atoms in total. The first-order valence-corrected chi connectivity index (χ1v) is 3.77. The molecule has 0 aliphatic carbocycles. The number of aromatic amines is 1. The standard InChI is InChI=1S/C9H9N3/c1-7-2-8(4-10-3-7)9-5-11-12-6-9/h2-6H,1H3,(H,11,12). The summed E-state index contributed by atoms with van der Waals surface area (Å²) in [6, 6.07) is 2.08. The van der Waals surface area contributed by atoms with Gasteiger partial charge in [-0.3, -0.25) is 10.1 Å². The largest absolute Gasteiger partial charge is 0.285 e. The Bertz CT molecular complexity index is 365. The number of aromatic nitrogens is 3. The first-order valence-electron chi connectivity index (χ1n) is 3.77. The van der Waals surface area contributed by atoms with Crippen LogP contribution < -0.4 is 0 Å². The van der Waals surface area contributed by atoms with Crippen molar-refractivity contribution in [3.05, 3.63) is 36.4 Å². The molecular weight excluding hydrogens is 150 g/mol. The van der Waals surface area contributed by atoms with E-state index >= 15 is 0 Å². The van der Waals surface area contributed by atoms with E-state index < -0.39 is 0 Å². The van der Waals surface area contributed by atoms with Crippen LogP contribution in [0.25, 0.3) is 11.1 Å². The molecule has 2 aromatic rings. The van der Waals surface area contributed by atoms with Crippen LogP contribution in [0, 0.1) is 6.92 Å². The van der Waals surface area contributed by atoms with Gasteiger partial charge in [0.15, 0.2) is 0 Å². The van der Waals surface area contributed by atoms with Crippen LogP contribution in [0.1, 0.15) is 5.56 Å². The fourth-order valence-corrected chi connectivity index (χ4v) is 1.12. The van der Waals surface area contributed by atoms with Crippen molar-refractivity contribution in [3.63, 3.8) is 0 Å². The fraction of sp³-hybridized carbons (Fsp3) is 0.111. The molecule has 0 bridgehead atoms. The van der Waals surface area contributed by atoms with Crippen LogP contribution in [-0.4, -0.2) is 15.2 Å². The molecule has 1 N–H and O–H groups in total. The van der Waals surface area contributed by atoms with Crippen molar-refractivity contribution in [1.82, 2.24) is 15.2 Å². The first kappa shape index (κ1) is 7.03. The van der Waals surface area contributed by atoms with Gasteiger partial charge in [0.25, 0.3) is 0 Å². The zero-order valence-corrected chi connectivity index (χ0v) is 6.78. The third kappa shape index (κ3) is 1.21. The summed E-state index contributed by atoms with van der Waals surface area (Å²) >= 11 is 0. The molecule has 0 saturated heterocycles. The molecule has 60 valence electrons. The summed E-state index contributed by atoms with van der Waals surface area (Å²) in [5.41, 5.74) is 3.34. The molecule has 0 radical (unpaired) electrons. The van der Waals surface area contributed by atoms with E-state index in [1.54, 1.807) is 6.20 Å². The molecule has 0 unspecified atom stereocenters. The predicted molar refractivity (Wildman–Crippen MR) is 46.6 cm³/mol. The van der Waals surface area contributed by atoms with Gasteiger partial charge in [0, 0.05) is 29.7 Å². The molecule has 0 aliphatic heterocycles. The van der Waals surface area contributed by atoms with Crippen molar-refractivity contribution >= 4 is 0 Å². The number of nitrogens with one attached hydrogen (secondary N) is 1. The van der Waals surface area contributed by atoms with Crippen molar-refractivity contribution < 1.29 is 0 Å². The normalized spacial score (nSPS) is 10.1. The van der Waals surface area contributed by atoms with Crippen molar-refractivity contribution in [2.75, 3.05) is 0 Å². The van der Waals surface area contributed by atoms with Crippen molar-refractivity contribution in [2.45, 2.75) is 6.92 Å². The topological polar surface area (TPSA) is 41.6 Å². The third-order valence-electron chi connectivity index (χ3n) is 1.71. The summed E-state index contributed by atoms with van der Waals surface area (Å²) in [5, 5.41) is 6.65. The van der Waals surface area contributed by atoms with Gasteiger partial charge in [0.1, 0.15) is 0 Å². The molecule has 12 heavy (non-hydrogen) atoms. The van der Waals surface area contributed by atoms with Crippen LogP contribution in [-0.2, 0) is 0 Å². The highest BCUT2D eigenvalue weighted by molar-refractivity contribution is 5.60. The van der Waals surface area contributed by atoms with Crippen LogP contribution in [0.3, 0.4) is 0 Å². The summed E-state index contributed by atoms with van der Waals surface area (Å²) in [5.74, 6) is 0. The molecule has 2 aromatic heterocycles. The van der Waals surface area contributed by atoms with Gasteiger partial charge < -0.3 is 0 Å². The number of nitrogens with zero attached hydrogens (tertiary/aromatic N) is 2. The van der Waals surface area contributed by atoms with Crippen LogP contribution in [0.15, 0.2) is 30.9 Å². The number of hydrogen-bond donors (Lipinski definition) is 1. The van der Waals surface area contributed by atoms with Gasteiger partial charge in [0.2, 0.25) is 0 Å². The number of rotatable bonds is 1. The minimum absolute atomic E-state index is 1.08. The van der Waals surface area contributed by atoms with E-state index in [9.17, 15) is 0 Å². The lowest BCUT2D eigenvalue weighted by atomic mass is 10.1. The van der Waals surface area contributed by atoms with Crippen LogP contribution in [0.4, 0.5) is 0 Å². The Balaban J connectivity index is 2.48. The Hall–Kier alpha value is -1.64. The zero-order valence-electron chi connectivity index (χ0n) is 6.78. The van der Waals surface area contributed by atoms with E-state index in [-0.39, 0.29) is 0 Å². The monoisotopic (exact) mass is 159 g/mol. The highest BCUT2D eigenvalue weighted by Crippen LogP contribution is 2.16. The summed E-state index contributed by atoms with van der Waals surface area (Å²) in [7, 11) is 0. The Labute approximate surface area is 70.5 Å². The van der Waals surface area contributed by atoms with Gasteiger partial charge in [-0.25, -0.2) is 0 Å². The van der Waals surface area contributed by atoms with E-state index in [4.69, 9.17) is 0 Å². The summed E-state index contributed by atoms with van der Waals surface area (Å²) < 4.78 is 0. The summed E-state index contributed by atoms with van der Waals surface area (Å²) in [6.07, 6.45) is 7.31. The average molecular weight is 159 g/mol. The Morgan fingerprint density at radius 2 is 2.08 bits per heavy atom. The van der Waals surface area contributed by atoms with Gasteiger partial charge in [-0.05, 0) is 18.6 Å². The van der Waals surface area contributed by atoms with Crippen molar-refractivity contribution in [3.8, 4) is 11.1 Å². The second kappa shape index (κ2) is 2.77. The van der Waals surface area contributed by atoms with E-state index in [2.05, 4.69) is 21.2 Å². The maximum absolute atomic E-state index is 4.10. The smallest absolute Gasteiger partial charge is 0.0566 e. The lowest BCUT2D eigenvalue weighted by Gasteiger charge is -1.96. The van der Waals surface area contributed by atoms with Crippen LogP contribution in [0.5, 0.6) is 0 Å². The molecule has 0 spiro atoms. The molecule has 0 amide bonds. The average Bonchev–Trinajstić information content (AvgIpc) is 2.56. The molecular formula is C9H9N3. The van der Waals surface area contributed by atoms with Crippen LogP contribution >= 0.6 is 0 Å². The lowest BCUT2D eigenvalue weighted by Crippen LogP contribution is -1.79. The minimum Gasteiger partial charge on any atom is -0.285 e. The third-order valence-corrected chi connectivity index (χ3v) is 1.71. The second-order valence-electron chi connectivity index (χ2n) is 2.74. The molecule has 3 heteroatoms. The minimum atomic E-state index is 1.08. The Kier molecular flexibility index (Phi) is 1.63. The van der Waals surface area contributed by atoms with Gasteiger partial charge in [-0.1, -0.05) is 0 Å². The summed E-state index contributed by atoms with van der Waals surface area (Å²) in [4.78, 5) is 4.10. The molecule has 0 aromatic carbocycles. The van der Waals surface area contributed by atoms with Gasteiger partial charge in [-0.15, -0.1) is 0 Å². The molecule has 2 heterocycles. The SMILES string of the molecule is Cc1cncc(-c2cn[nH]c2)c1. The maximum Gasteiger partial charge on any atom is 0.0566 e. The molecule has 0 atom stereocenters. The number of pyridine rings is 1. The van der Waals surface area contributed by atoms with E-state index in [1.165, 1.54) is 0 Å². The highest BCUT2D eigenvalue weighted by atomic mass is 15.1. The van der Waals surface area contributed by atoms with Crippen molar-refractivity contribution in [2.24, 2.45) is 0 Å².